The van der Waals surface area contributed by atoms with Gasteiger partial charge in [0.25, 0.3) is 5.91 Å². The third-order valence-corrected chi connectivity index (χ3v) is 9.31. The fourth-order valence-electron chi connectivity index (χ4n) is 6.23. The van der Waals surface area contributed by atoms with E-state index in [0.29, 0.717) is 38.1 Å². The third kappa shape index (κ3) is 7.70. The Balaban J connectivity index is 1.37. The highest BCUT2D eigenvalue weighted by molar-refractivity contribution is 7.07. The summed E-state index contributed by atoms with van der Waals surface area (Å²) in [6.07, 6.45) is 3.34. The van der Waals surface area contributed by atoms with Crippen LogP contribution in [0.3, 0.4) is 0 Å². The lowest BCUT2D eigenvalue weighted by Crippen LogP contribution is -2.57. The number of hydrogen-bond acceptors (Lipinski definition) is 9. The summed E-state index contributed by atoms with van der Waals surface area (Å²) in [6.45, 7) is 3.90. The van der Waals surface area contributed by atoms with Crippen LogP contribution in [0, 0.1) is 5.41 Å². The molecule has 2 aromatic rings. The maximum atomic E-state index is 13.3. The summed E-state index contributed by atoms with van der Waals surface area (Å²) in [5.74, 6) is -1.26. The predicted octanol–water partition coefficient (Wildman–Crippen LogP) is 0.449. The summed E-state index contributed by atoms with van der Waals surface area (Å²) in [5, 5.41) is 20.5. The number of ether oxygens (including phenoxy) is 1. The number of carbonyl (C=O) groups excluding carboxylic acids is 4. The normalized spacial score (nSPS) is 25.9. The van der Waals surface area contributed by atoms with Crippen molar-refractivity contribution < 1.29 is 29.0 Å². The number of piperidine rings is 1. The van der Waals surface area contributed by atoms with Crippen molar-refractivity contribution in [1.82, 2.24) is 30.7 Å². The summed E-state index contributed by atoms with van der Waals surface area (Å²) >= 11 is 1.58. The van der Waals surface area contributed by atoms with Gasteiger partial charge in [0.05, 0.1) is 17.8 Å². The van der Waals surface area contributed by atoms with Crippen molar-refractivity contribution in [3.8, 4) is 5.75 Å². The molecule has 43 heavy (non-hydrogen) atoms. The van der Waals surface area contributed by atoms with Gasteiger partial charge in [-0.05, 0) is 75.2 Å². The number of aromatic nitrogens is 1. The van der Waals surface area contributed by atoms with E-state index in [1.54, 1.807) is 24.3 Å². The molecular formula is C30H40N6O6S. The lowest BCUT2D eigenvalue weighted by molar-refractivity contribution is -0.142. The Kier molecular flexibility index (Phi) is 9.93. The highest BCUT2D eigenvalue weighted by Gasteiger charge is 2.39. The Hall–Kier alpha value is -3.55. The number of aliphatic hydroxyl groups excluding tert-OH is 1. The first-order chi connectivity index (χ1) is 20.7. The molecule has 13 heteroatoms. The molecule has 3 atom stereocenters. The maximum absolute atomic E-state index is 13.3. The largest absolute Gasteiger partial charge is 0.484 e. The van der Waals surface area contributed by atoms with Crippen molar-refractivity contribution in [3.05, 3.63) is 46.4 Å². The number of amides is 4. The Morgan fingerprint density at radius 3 is 2.67 bits per heavy atom. The van der Waals surface area contributed by atoms with E-state index in [1.165, 1.54) is 4.90 Å². The Bertz CT molecular complexity index is 1300. The molecule has 3 aliphatic heterocycles. The Labute approximate surface area is 255 Å². The first-order valence-corrected chi connectivity index (χ1v) is 15.8. The van der Waals surface area contributed by atoms with Crippen LogP contribution < -0.4 is 20.7 Å². The molecule has 0 unspecified atom stereocenters. The highest BCUT2D eigenvalue weighted by Crippen LogP contribution is 2.36. The van der Waals surface area contributed by atoms with Gasteiger partial charge in [-0.2, -0.15) is 0 Å². The van der Waals surface area contributed by atoms with Crippen LogP contribution in [-0.4, -0.2) is 101 Å². The molecule has 232 valence electrons. The molecule has 5 rings (SSSR count). The van der Waals surface area contributed by atoms with Gasteiger partial charge < -0.3 is 30.7 Å². The van der Waals surface area contributed by atoms with Gasteiger partial charge in [-0.1, -0.05) is 12.1 Å². The first kappa shape index (κ1) is 30.9. The number of nitrogens with one attached hydrogen (secondary N) is 3. The number of fused-ring (bicyclic) bond motifs is 3. The molecule has 0 saturated carbocycles. The minimum absolute atomic E-state index is 0.254. The molecule has 2 fully saturated rings. The van der Waals surface area contributed by atoms with E-state index >= 15 is 0 Å². The first-order valence-electron chi connectivity index (χ1n) is 14.9. The number of carbonyl (C=O) groups is 4. The van der Waals surface area contributed by atoms with Gasteiger partial charge >= 0.3 is 0 Å². The van der Waals surface area contributed by atoms with Gasteiger partial charge in [-0.15, -0.1) is 11.3 Å². The van der Waals surface area contributed by atoms with E-state index in [0.717, 1.165) is 43.7 Å². The van der Waals surface area contributed by atoms with Crippen molar-refractivity contribution >= 4 is 35.0 Å². The summed E-state index contributed by atoms with van der Waals surface area (Å²) in [7, 11) is 0. The van der Waals surface area contributed by atoms with E-state index < -0.39 is 42.5 Å². The van der Waals surface area contributed by atoms with Gasteiger partial charge in [-0.25, -0.2) is 4.98 Å². The molecule has 3 aliphatic rings. The van der Waals surface area contributed by atoms with Gasteiger partial charge in [0.1, 0.15) is 23.9 Å². The topological polar surface area (TPSA) is 153 Å². The van der Waals surface area contributed by atoms with Crippen LogP contribution in [0.2, 0.25) is 0 Å². The minimum atomic E-state index is -1.15. The van der Waals surface area contributed by atoms with Crippen molar-refractivity contribution in [2.24, 2.45) is 5.41 Å². The van der Waals surface area contributed by atoms with E-state index in [9.17, 15) is 24.3 Å². The zero-order chi connectivity index (χ0) is 30.4. The average molecular weight is 613 g/mol. The fraction of sp³-hybridized carbons (Fsp3) is 0.567. The molecule has 2 saturated heterocycles. The average Bonchev–Trinajstić information content (AvgIpc) is 3.71. The van der Waals surface area contributed by atoms with Crippen LogP contribution in [-0.2, 0) is 32.1 Å². The predicted molar refractivity (Wildman–Crippen MR) is 159 cm³/mol. The molecule has 0 radical (unpaired) electrons. The quantitative estimate of drug-likeness (QED) is 0.390. The van der Waals surface area contributed by atoms with E-state index in [-0.39, 0.29) is 17.9 Å². The van der Waals surface area contributed by atoms with E-state index in [4.69, 9.17) is 4.74 Å². The van der Waals surface area contributed by atoms with Crippen molar-refractivity contribution in [1.29, 1.82) is 0 Å². The molecule has 1 aromatic heterocycles. The van der Waals surface area contributed by atoms with E-state index in [1.807, 2.05) is 23.7 Å². The van der Waals surface area contributed by atoms with Crippen LogP contribution in [0.5, 0.6) is 5.75 Å². The smallest absolute Gasteiger partial charge is 0.258 e. The third-order valence-electron chi connectivity index (χ3n) is 8.67. The summed E-state index contributed by atoms with van der Waals surface area (Å²) < 4.78 is 5.80. The molecule has 2 bridgehead atoms. The standard InChI is InChI=1S/C30H40N6O6S/c1-20-29(41)36-9-3-6-25(36)28(40)34-24(15-37)27(39)31-18-30(7-10-35(11-8-30)14-22-17-43-19-32-22)13-21-4-2-5-23(12-21)42-16-26(38)33-20/h2,4-5,12,17,19-20,24-25,37H,3,6-11,13-16,18H2,1H3,(H,31,39)(H,33,38)(H,34,40)/t20-,24-,25-/m0/s1. The lowest BCUT2D eigenvalue weighted by atomic mass is 9.73. The zero-order valence-electron chi connectivity index (χ0n) is 24.4. The summed E-state index contributed by atoms with van der Waals surface area (Å²) in [4.78, 5) is 60.5. The second kappa shape index (κ2) is 13.8. The fourth-order valence-corrected chi connectivity index (χ4v) is 6.78. The Morgan fingerprint density at radius 2 is 1.93 bits per heavy atom. The molecule has 4 heterocycles. The number of hydrogen-bond donors (Lipinski definition) is 4. The lowest BCUT2D eigenvalue weighted by Gasteiger charge is -2.42. The monoisotopic (exact) mass is 612 g/mol. The van der Waals surface area contributed by atoms with Gasteiger partial charge in [0.15, 0.2) is 6.61 Å². The van der Waals surface area contributed by atoms with Crippen molar-refractivity contribution in [3.63, 3.8) is 0 Å². The van der Waals surface area contributed by atoms with Gasteiger partial charge in [-0.3, -0.25) is 24.1 Å². The van der Waals surface area contributed by atoms with Crippen LogP contribution in [0.4, 0.5) is 0 Å². The highest BCUT2D eigenvalue weighted by atomic mass is 32.1. The Morgan fingerprint density at radius 1 is 1.12 bits per heavy atom. The molecule has 1 aromatic carbocycles. The number of rotatable bonds is 3. The van der Waals surface area contributed by atoms with Crippen molar-refractivity contribution in [2.75, 3.05) is 39.4 Å². The number of benzene rings is 1. The SMILES string of the molecule is C[C@@H]1NC(=O)COc2cccc(c2)CC2(CCN(Cc3cscn3)CC2)CNC(=O)[C@H](CO)NC(=O)[C@@H]2CCCN2C1=O. The van der Waals surface area contributed by atoms with E-state index in [2.05, 4.69) is 31.2 Å². The maximum Gasteiger partial charge on any atom is 0.258 e. The summed E-state index contributed by atoms with van der Waals surface area (Å²) in [5.41, 5.74) is 3.61. The van der Waals surface area contributed by atoms with Crippen molar-refractivity contribution in [2.45, 2.75) is 63.7 Å². The number of thiazole rings is 1. The number of nitrogens with zero attached hydrogens (tertiary/aromatic N) is 3. The summed E-state index contributed by atoms with van der Waals surface area (Å²) in [6, 6.07) is 4.78. The van der Waals surface area contributed by atoms with Gasteiger partial charge in [0.2, 0.25) is 17.7 Å². The number of aliphatic hydroxyl groups is 1. The molecular weight excluding hydrogens is 572 g/mol. The molecule has 0 aliphatic carbocycles. The number of likely N-dealkylation sites (tertiary alicyclic amines) is 1. The van der Waals surface area contributed by atoms with Gasteiger partial charge in [0, 0.05) is 25.0 Å². The molecule has 4 N–H and O–H groups in total. The zero-order valence-corrected chi connectivity index (χ0v) is 25.2. The van der Waals surface area contributed by atoms with Crippen LogP contribution in [0.15, 0.2) is 35.2 Å². The molecule has 12 nitrogen and oxygen atoms in total. The minimum Gasteiger partial charge on any atom is -0.484 e. The van der Waals surface area contributed by atoms with Crippen LogP contribution >= 0.6 is 11.3 Å². The molecule has 1 spiro atoms. The second-order valence-corrected chi connectivity index (χ2v) is 12.5. The molecule has 4 amide bonds. The second-order valence-electron chi connectivity index (χ2n) is 11.8. The van der Waals surface area contributed by atoms with Crippen LogP contribution in [0.1, 0.15) is 43.9 Å². The van der Waals surface area contributed by atoms with Crippen LogP contribution in [0.25, 0.3) is 0 Å².